The Kier molecular flexibility index (Phi) is 12.3. The summed E-state index contributed by atoms with van der Waals surface area (Å²) in [7, 11) is -2.30. The first-order valence-corrected chi connectivity index (χ1v) is 17.0. The fraction of sp³-hybridized carbons (Fsp3) is 0.688. The molecule has 46 heavy (non-hydrogen) atoms. The Bertz CT molecular complexity index is 1460. The fourth-order valence-electron chi connectivity index (χ4n) is 5.67. The summed E-state index contributed by atoms with van der Waals surface area (Å²) in [5.41, 5.74) is 12.7. The maximum Gasteiger partial charge on any atom is 0.319 e. The van der Waals surface area contributed by atoms with Crippen LogP contribution in [0, 0.1) is 38.0 Å². The number of ether oxygens (including phenoxy) is 2. The molecule has 1 aliphatic rings. The summed E-state index contributed by atoms with van der Waals surface area (Å²) in [4.78, 5) is 43.2. The topological polar surface area (TPSA) is 204 Å². The van der Waals surface area contributed by atoms with Gasteiger partial charge in [-0.3, -0.25) is 19.4 Å². The first kappa shape index (κ1) is 38.8. The largest absolute Gasteiger partial charge is 0.487 e. The van der Waals surface area contributed by atoms with Crippen molar-refractivity contribution in [2.75, 3.05) is 26.7 Å². The minimum absolute atomic E-state index is 0.00634. The number of rotatable bonds is 14. The van der Waals surface area contributed by atoms with Crippen LogP contribution in [0.25, 0.3) is 0 Å². The van der Waals surface area contributed by atoms with Gasteiger partial charge in [0.15, 0.2) is 0 Å². The van der Waals surface area contributed by atoms with E-state index in [0.29, 0.717) is 29.8 Å². The van der Waals surface area contributed by atoms with Crippen LogP contribution >= 0.6 is 0 Å². The van der Waals surface area contributed by atoms with Crippen LogP contribution in [-0.4, -0.2) is 70.0 Å². The van der Waals surface area contributed by atoms with E-state index in [0.717, 1.165) is 11.1 Å². The number of hydrogen-bond donors (Lipinski definition) is 5. The molecule has 1 aromatic rings. The second-order valence-corrected chi connectivity index (χ2v) is 16.1. The molecule has 0 radical (unpaired) electrons. The summed E-state index contributed by atoms with van der Waals surface area (Å²) in [6, 6.07) is 0. The Balaban J connectivity index is 2.25. The quantitative estimate of drug-likeness (QED) is 0.0648. The number of hydrogen-bond acceptors (Lipinski definition) is 9. The van der Waals surface area contributed by atoms with E-state index in [1.165, 1.54) is 0 Å². The summed E-state index contributed by atoms with van der Waals surface area (Å²) in [5, 5.41) is 5.91. The highest BCUT2D eigenvalue weighted by Crippen LogP contribution is 2.43. The van der Waals surface area contributed by atoms with Gasteiger partial charge in [-0.1, -0.05) is 13.8 Å². The first-order chi connectivity index (χ1) is 20.9. The number of fused-ring (bicyclic) bond motifs is 1. The fourth-order valence-corrected chi connectivity index (χ4v) is 7.20. The predicted octanol–water partition coefficient (Wildman–Crippen LogP) is 2.12. The smallest absolute Gasteiger partial charge is 0.319 e. The number of carbonyl (C=O) groups is 3. The molecule has 0 spiro atoms. The number of nitrogens with one attached hydrogen (secondary N) is 3. The van der Waals surface area contributed by atoms with Gasteiger partial charge in [0.2, 0.25) is 17.8 Å². The number of benzene rings is 1. The highest BCUT2D eigenvalue weighted by molar-refractivity contribution is 7.90. The van der Waals surface area contributed by atoms with Gasteiger partial charge >= 0.3 is 5.97 Å². The van der Waals surface area contributed by atoms with Gasteiger partial charge in [-0.05, 0) is 97.4 Å². The highest BCUT2D eigenvalue weighted by atomic mass is 32.2. The normalized spacial score (nSPS) is 16.2. The van der Waals surface area contributed by atoms with Gasteiger partial charge in [-0.25, -0.2) is 13.1 Å². The zero-order chi connectivity index (χ0) is 35.4. The zero-order valence-corrected chi connectivity index (χ0v) is 30.1. The van der Waals surface area contributed by atoms with E-state index in [1.807, 2.05) is 34.6 Å². The van der Waals surface area contributed by atoms with Crippen molar-refractivity contribution in [3.05, 3.63) is 22.3 Å². The molecule has 260 valence electrons. The van der Waals surface area contributed by atoms with Gasteiger partial charge in [-0.15, -0.1) is 0 Å². The molecule has 0 saturated carbocycles. The monoisotopic (exact) mass is 666 g/mol. The molecule has 1 aliphatic heterocycles. The minimum Gasteiger partial charge on any atom is -0.487 e. The van der Waals surface area contributed by atoms with E-state index in [4.69, 9.17) is 20.9 Å². The van der Waals surface area contributed by atoms with Crippen LogP contribution in [0.1, 0.15) is 83.6 Å². The molecule has 0 fully saturated rings. The van der Waals surface area contributed by atoms with Crippen LogP contribution in [0.5, 0.6) is 5.75 Å². The third-order valence-corrected chi connectivity index (χ3v) is 9.49. The number of guanidine groups is 1. The molecular weight excluding hydrogens is 612 g/mol. The lowest BCUT2D eigenvalue weighted by Gasteiger charge is -2.29. The van der Waals surface area contributed by atoms with Crippen LogP contribution in [0.15, 0.2) is 9.89 Å². The first-order valence-electron chi connectivity index (χ1n) is 15.5. The molecule has 2 amide bonds. The molecule has 2 atom stereocenters. The van der Waals surface area contributed by atoms with Gasteiger partial charge in [0.1, 0.15) is 22.9 Å². The maximum absolute atomic E-state index is 13.5. The van der Waals surface area contributed by atoms with Crippen molar-refractivity contribution in [2.45, 2.75) is 105 Å². The molecular formula is C32H54N6O7S. The molecule has 7 N–H and O–H groups in total. The summed E-state index contributed by atoms with van der Waals surface area (Å²) in [6.07, 6.45) is 0.792. The third kappa shape index (κ3) is 10.1. The molecule has 13 nitrogen and oxygen atoms in total. The predicted molar refractivity (Wildman–Crippen MR) is 178 cm³/mol. The molecule has 14 heteroatoms. The Hall–Kier alpha value is -3.39. The zero-order valence-electron chi connectivity index (χ0n) is 29.3. The summed E-state index contributed by atoms with van der Waals surface area (Å²) in [5.74, 6) is -4.70. The number of nitrogens with two attached hydrogens (primary N) is 2. The number of aliphatic imine (C=N–C) groups is 1. The Labute approximate surface area is 274 Å². The van der Waals surface area contributed by atoms with Crippen molar-refractivity contribution in [1.82, 2.24) is 15.4 Å². The Morgan fingerprint density at radius 3 is 2.17 bits per heavy atom. The average Bonchev–Trinajstić information content (AvgIpc) is 3.21. The van der Waals surface area contributed by atoms with Gasteiger partial charge in [0.05, 0.1) is 10.8 Å². The van der Waals surface area contributed by atoms with E-state index in [-0.39, 0.29) is 42.2 Å². The standard InChI is InChI=1S/C32H54N6O7S/c1-18-19(2)25(20(3)22-15-32(9,10)44-24(18)22)46(42,43)38-29(34)36-14-12-13-21(27(40)37-17-31(7,8)16-35-11)23(26(33)39)28(41)45-30(4,5)6/h21,23,35H,12-17H2,1-11H3,(H2,33,39)(H,37,40)(H3,34,36,38)/t21-,23?/m0/s1. The minimum atomic E-state index is -4.10. The van der Waals surface area contributed by atoms with E-state index in [2.05, 4.69) is 20.3 Å². The molecule has 0 bridgehead atoms. The molecule has 1 aromatic carbocycles. The number of carbonyl (C=O) groups excluding carboxylic acids is 3. The van der Waals surface area contributed by atoms with E-state index in [9.17, 15) is 22.8 Å². The molecule has 2 rings (SSSR count). The average molecular weight is 667 g/mol. The van der Waals surface area contributed by atoms with E-state index >= 15 is 0 Å². The number of esters is 1. The van der Waals surface area contributed by atoms with Gasteiger partial charge in [-0.2, -0.15) is 0 Å². The molecule has 1 unspecified atom stereocenters. The highest BCUT2D eigenvalue weighted by Gasteiger charge is 2.41. The van der Waals surface area contributed by atoms with Crippen LogP contribution in [0.2, 0.25) is 0 Å². The van der Waals surface area contributed by atoms with Crippen LogP contribution in [0.3, 0.4) is 0 Å². The summed E-state index contributed by atoms with van der Waals surface area (Å²) in [6.45, 7) is 19.0. The SMILES string of the molecule is CNCC(C)(C)CNC(=O)[C@@H](CCCN=C(N)NS(=O)(=O)c1c(C)c(C)c2c(c1C)CC(C)(C)O2)C(C(N)=O)C(=O)OC(C)(C)C. The second kappa shape index (κ2) is 14.6. The lowest BCUT2D eigenvalue weighted by Crippen LogP contribution is -2.48. The van der Waals surface area contributed by atoms with Crippen molar-refractivity contribution in [1.29, 1.82) is 0 Å². The maximum atomic E-state index is 13.5. The van der Waals surface area contributed by atoms with Crippen LogP contribution in [-0.2, 0) is 35.6 Å². The summed E-state index contributed by atoms with van der Waals surface area (Å²) >= 11 is 0. The van der Waals surface area contributed by atoms with Gasteiger partial charge < -0.3 is 31.6 Å². The lowest BCUT2D eigenvalue weighted by atomic mass is 9.85. The van der Waals surface area contributed by atoms with Crippen molar-refractivity contribution in [2.24, 2.45) is 33.7 Å². The molecule has 0 saturated heterocycles. The number of sulfonamides is 1. The van der Waals surface area contributed by atoms with Crippen molar-refractivity contribution < 1.29 is 32.3 Å². The van der Waals surface area contributed by atoms with Crippen molar-refractivity contribution in [3.8, 4) is 5.75 Å². The van der Waals surface area contributed by atoms with Gasteiger partial charge in [0.25, 0.3) is 10.0 Å². The van der Waals surface area contributed by atoms with E-state index < -0.39 is 50.8 Å². The number of amides is 2. The molecule has 0 aromatic heterocycles. The lowest BCUT2D eigenvalue weighted by molar-refractivity contribution is -0.166. The van der Waals surface area contributed by atoms with Crippen LogP contribution < -0.4 is 31.6 Å². The molecule has 1 heterocycles. The Morgan fingerprint density at radius 2 is 1.63 bits per heavy atom. The Morgan fingerprint density at radius 1 is 1.02 bits per heavy atom. The third-order valence-electron chi connectivity index (χ3n) is 7.86. The van der Waals surface area contributed by atoms with Gasteiger partial charge in [0, 0.05) is 31.6 Å². The molecule has 0 aliphatic carbocycles. The van der Waals surface area contributed by atoms with E-state index in [1.54, 1.807) is 41.7 Å². The van der Waals surface area contributed by atoms with Crippen molar-refractivity contribution in [3.63, 3.8) is 0 Å². The van der Waals surface area contributed by atoms with Crippen LogP contribution in [0.4, 0.5) is 0 Å². The summed E-state index contributed by atoms with van der Waals surface area (Å²) < 4.78 is 40.9. The number of primary amides is 1. The second-order valence-electron chi connectivity index (χ2n) is 14.5. The van der Waals surface area contributed by atoms with Crippen molar-refractivity contribution >= 4 is 33.8 Å². The number of nitrogens with zero attached hydrogens (tertiary/aromatic N) is 1.